The van der Waals surface area contributed by atoms with Gasteiger partial charge in [-0.3, -0.25) is 19.3 Å². The first-order valence-corrected chi connectivity index (χ1v) is 7.33. The maximum absolute atomic E-state index is 12.2. The topological polar surface area (TPSA) is 63.7 Å². The molecule has 0 bridgehead atoms. The minimum atomic E-state index is -0.615. The molecular formula is C15H13Cl2NO4. The van der Waals surface area contributed by atoms with Crippen molar-refractivity contribution < 1.29 is 19.1 Å². The first-order valence-electron chi connectivity index (χ1n) is 6.57. The van der Waals surface area contributed by atoms with Crippen molar-refractivity contribution in [2.75, 3.05) is 13.2 Å². The Balaban J connectivity index is 2.20. The molecule has 1 fully saturated rings. The van der Waals surface area contributed by atoms with Gasteiger partial charge in [-0.1, -0.05) is 23.2 Å². The SMILES string of the molecule is CCOC(=O)CN1C(=O)C/C(=C\c2cc(Cl)cc(Cl)c2)C1=O. The molecule has 116 valence electrons. The molecule has 1 aromatic carbocycles. The van der Waals surface area contributed by atoms with Gasteiger partial charge in [0.15, 0.2) is 0 Å². The third-order valence-corrected chi connectivity index (χ3v) is 3.42. The molecule has 1 aliphatic rings. The van der Waals surface area contributed by atoms with Gasteiger partial charge < -0.3 is 4.74 Å². The van der Waals surface area contributed by atoms with E-state index in [4.69, 9.17) is 27.9 Å². The zero-order valence-corrected chi connectivity index (χ0v) is 13.3. The lowest BCUT2D eigenvalue weighted by Gasteiger charge is -2.11. The van der Waals surface area contributed by atoms with Crippen molar-refractivity contribution in [3.63, 3.8) is 0 Å². The molecule has 2 rings (SSSR count). The van der Waals surface area contributed by atoms with Crippen molar-refractivity contribution in [1.29, 1.82) is 0 Å². The summed E-state index contributed by atoms with van der Waals surface area (Å²) in [6, 6.07) is 4.83. The predicted octanol–water partition coefficient (Wildman–Crippen LogP) is 2.70. The van der Waals surface area contributed by atoms with Crippen molar-refractivity contribution >= 4 is 47.1 Å². The Morgan fingerprint density at radius 1 is 1.27 bits per heavy atom. The molecule has 2 amide bonds. The fourth-order valence-electron chi connectivity index (χ4n) is 2.09. The van der Waals surface area contributed by atoms with Crippen LogP contribution in [0.3, 0.4) is 0 Å². The highest BCUT2D eigenvalue weighted by molar-refractivity contribution is 6.34. The van der Waals surface area contributed by atoms with E-state index < -0.39 is 17.8 Å². The first kappa shape index (κ1) is 16.5. The quantitative estimate of drug-likeness (QED) is 0.479. The number of hydrogen-bond donors (Lipinski definition) is 0. The van der Waals surface area contributed by atoms with Gasteiger partial charge in [0.25, 0.3) is 5.91 Å². The number of ether oxygens (including phenoxy) is 1. The van der Waals surface area contributed by atoms with Gasteiger partial charge in [-0.25, -0.2) is 0 Å². The van der Waals surface area contributed by atoms with Crippen LogP contribution >= 0.6 is 23.2 Å². The fourth-order valence-corrected chi connectivity index (χ4v) is 2.63. The normalized spacial score (nSPS) is 16.5. The molecule has 5 nitrogen and oxygen atoms in total. The summed E-state index contributed by atoms with van der Waals surface area (Å²) in [6.07, 6.45) is 1.48. The number of rotatable bonds is 4. The minimum absolute atomic E-state index is 0.0671. The molecule has 22 heavy (non-hydrogen) atoms. The zero-order chi connectivity index (χ0) is 16.3. The van der Waals surface area contributed by atoms with E-state index in [1.807, 2.05) is 0 Å². The number of halogens is 2. The van der Waals surface area contributed by atoms with Gasteiger partial charge in [-0.2, -0.15) is 0 Å². The number of hydrogen-bond acceptors (Lipinski definition) is 4. The summed E-state index contributed by atoms with van der Waals surface area (Å²) < 4.78 is 4.75. The van der Waals surface area contributed by atoms with Crippen LogP contribution in [-0.2, 0) is 19.1 Å². The number of imide groups is 1. The summed E-state index contributed by atoms with van der Waals surface area (Å²) >= 11 is 11.8. The molecule has 0 N–H and O–H groups in total. The third-order valence-electron chi connectivity index (χ3n) is 2.98. The van der Waals surface area contributed by atoms with Gasteiger partial charge in [-0.15, -0.1) is 0 Å². The Bertz CT molecular complexity index is 649. The Kier molecular flexibility index (Phi) is 5.21. The second-order valence-corrected chi connectivity index (χ2v) is 5.51. The maximum atomic E-state index is 12.2. The van der Waals surface area contributed by atoms with Crippen LogP contribution in [0.5, 0.6) is 0 Å². The average Bonchev–Trinajstić information content (AvgIpc) is 2.65. The summed E-state index contributed by atoms with van der Waals surface area (Å²) in [7, 11) is 0. The molecule has 0 spiro atoms. The lowest BCUT2D eigenvalue weighted by Crippen LogP contribution is -2.35. The second kappa shape index (κ2) is 6.94. The smallest absolute Gasteiger partial charge is 0.326 e. The Morgan fingerprint density at radius 3 is 2.50 bits per heavy atom. The standard InChI is InChI=1S/C15H13Cl2NO4/c1-2-22-14(20)8-18-13(19)6-10(15(18)21)3-9-4-11(16)7-12(17)5-9/h3-5,7H,2,6,8H2,1H3/b10-3+. The van der Waals surface area contributed by atoms with Crippen LogP contribution in [0.15, 0.2) is 23.8 Å². The molecule has 1 heterocycles. The van der Waals surface area contributed by atoms with Gasteiger partial charge in [0.2, 0.25) is 5.91 Å². The summed E-state index contributed by atoms with van der Waals surface area (Å²) in [5, 5.41) is 0.860. The molecule has 0 radical (unpaired) electrons. The molecule has 1 aromatic rings. The van der Waals surface area contributed by atoms with Crippen molar-refractivity contribution in [1.82, 2.24) is 4.90 Å². The highest BCUT2D eigenvalue weighted by atomic mass is 35.5. The minimum Gasteiger partial charge on any atom is -0.465 e. The number of benzene rings is 1. The molecule has 0 aliphatic carbocycles. The molecule has 1 aliphatic heterocycles. The van der Waals surface area contributed by atoms with Crippen LogP contribution in [0, 0.1) is 0 Å². The lowest BCUT2D eigenvalue weighted by atomic mass is 10.1. The van der Waals surface area contributed by atoms with Crippen LogP contribution < -0.4 is 0 Å². The van der Waals surface area contributed by atoms with E-state index in [1.54, 1.807) is 31.2 Å². The Morgan fingerprint density at radius 2 is 1.91 bits per heavy atom. The molecule has 1 saturated heterocycles. The van der Waals surface area contributed by atoms with E-state index in [0.29, 0.717) is 15.6 Å². The van der Waals surface area contributed by atoms with Crippen LogP contribution in [0.25, 0.3) is 6.08 Å². The molecule has 0 atom stereocenters. The zero-order valence-electron chi connectivity index (χ0n) is 11.8. The molecule has 0 aromatic heterocycles. The van der Waals surface area contributed by atoms with Crippen molar-refractivity contribution in [2.24, 2.45) is 0 Å². The summed E-state index contributed by atoms with van der Waals surface area (Å²) in [5.74, 6) is -1.55. The number of nitrogens with zero attached hydrogens (tertiary/aromatic N) is 1. The van der Waals surface area contributed by atoms with Crippen LogP contribution in [0.4, 0.5) is 0 Å². The monoisotopic (exact) mass is 341 g/mol. The molecule has 0 saturated carbocycles. The van der Waals surface area contributed by atoms with E-state index >= 15 is 0 Å². The van der Waals surface area contributed by atoms with Gasteiger partial charge in [0.1, 0.15) is 6.54 Å². The summed E-state index contributed by atoms with van der Waals surface area (Å²) in [4.78, 5) is 36.4. The van der Waals surface area contributed by atoms with E-state index in [-0.39, 0.29) is 25.1 Å². The molecule has 7 heteroatoms. The number of esters is 1. The highest BCUT2D eigenvalue weighted by Crippen LogP contribution is 2.25. The molecular weight excluding hydrogens is 329 g/mol. The number of amides is 2. The van der Waals surface area contributed by atoms with Gasteiger partial charge >= 0.3 is 5.97 Å². The Hall–Kier alpha value is -1.85. The maximum Gasteiger partial charge on any atom is 0.326 e. The largest absolute Gasteiger partial charge is 0.465 e. The highest BCUT2D eigenvalue weighted by Gasteiger charge is 2.35. The van der Waals surface area contributed by atoms with E-state index in [1.165, 1.54) is 0 Å². The van der Waals surface area contributed by atoms with Crippen molar-refractivity contribution in [2.45, 2.75) is 13.3 Å². The van der Waals surface area contributed by atoms with Crippen LogP contribution in [-0.4, -0.2) is 35.8 Å². The number of likely N-dealkylation sites (tertiary alicyclic amines) is 1. The van der Waals surface area contributed by atoms with Gasteiger partial charge in [0.05, 0.1) is 13.0 Å². The third kappa shape index (κ3) is 3.87. The van der Waals surface area contributed by atoms with E-state index in [9.17, 15) is 14.4 Å². The van der Waals surface area contributed by atoms with Crippen LogP contribution in [0.1, 0.15) is 18.9 Å². The summed E-state index contributed by atoms with van der Waals surface area (Å²) in [6.45, 7) is 1.47. The number of carbonyl (C=O) groups is 3. The van der Waals surface area contributed by atoms with Crippen molar-refractivity contribution in [3.8, 4) is 0 Å². The second-order valence-electron chi connectivity index (χ2n) is 4.64. The predicted molar refractivity (Wildman–Crippen MR) is 82.4 cm³/mol. The fraction of sp³-hybridized carbons (Fsp3) is 0.267. The first-order chi connectivity index (χ1) is 10.4. The van der Waals surface area contributed by atoms with Gasteiger partial charge in [-0.05, 0) is 36.8 Å². The van der Waals surface area contributed by atoms with E-state index in [0.717, 1.165) is 4.90 Å². The number of carbonyl (C=O) groups excluding carboxylic acids is 3. The van der Waals surface area contributed by atoms with Crippen molar-refractivity contribution in [3.05, 3.63) is 39.4 Å². The van der Waals surface area contributed by atoms with Crippen LogP contribution in [0.2, 0.25) is 10.0 Å². The Labute approximate surface area is 137 Å². The molecule has 0 unspecified atom stereocenters. The summed E-state index contributed by atoms with van der Waals surface area (Å²) in [5.41, 5.74) is 0.902. The average molecular weight is 342 g/mol. The van der Waals surface area contributed by atoms with E-state index in [2.05, 4.69) is 0 Å². The lowest BCUT2D eigenvalue weighted by molar-refractivity contribution is -0.151. The van der Waals surface area contributed by atoms with Gasteiger partial charge in [0, 0.05) is 15.6 Å².